The van der Waals surface area contributed by atoms with E-state index < -0.39 is 10.0 Å². The van der Waals surface area contributed by atoms with E-state index in [2.05, 4.69) is 19.2 Å². The first-order chi connectivity index (χ1) is 9.91. The normalized spacial score (nSPS) is 23.8. The van der Waals surface area contributed by atoms with Crippen LogP contribution in [0.5, 0.6) is 0 Å². The molecule has 0 saturated carbocycles. The number of aryl methyl sites for hydroxylation is 1. The lowest BCUT2D eigenvalue weighted by molar-refractivity contribution is 0.328. The monoisotopic (exact) mass is 330 g/mol. The van der Waals surface area contributed by atoms with Crippen LogP contribution >= 0.6 is 11.3 Å². The van der Waals surface area contributed by atoms with E-state index in [-0.39, 0.29) is 12.1 Å². The van der Waals surface area contributed by atoms with E-state index in [1.807, 2.05) is 19.9 Å². The van der Waals surface area contributed by atoms with Gasteiger partial charge in [-0.2, -0.15) is 4.31 Å². The smallest absolute Gasteiger partial charge is 0.244 e. The zero-order valence-electron chi connectivity index (χ0n) is 13.3. The molecule has 6 heteroatoms. The van der Waals surface area contributed by atoms with Gasteiger partial charge in [0.1, 0.15) is 0 Å². The fourth-order valence-electron chi connectivity index (χ4n) is 3.09. The first kappa shape index (κ1) is 16.9. The minimum absolute atomic E-state index is 0.108. The molecule has 2 rings (SSSR count). The summed E-state index contributed by atoms with van der Waals surface area (Å²) in [6.45, 7) is 9.69. The summed E-state index contributed by atoms with van der Waals surface area (Å²) in [5.74, 6) is 0. The quantitative estimate of drug-likeness (QED) is 0.872. The van der Waals surface area contributed by atoms with Gasteiger partial charge >= 0.3 is 0 Å². The van der Waals surface area contributed by atoms with Crippen LogP contribution in [-0.2, 0) is 16.6 Å². The van der Waals surface area contributed by atoms with Crippen molar-refractivity contribution in [3.63, 3.8) is 0 Å². The number of nitrogens with zero attached hydrogens (tertiary/aromatic N) is 1. The Hall–Kier alpha value is -0.430. The van der Waals surface area contributed by atoms with Crippen LogP contribution in [0.2, 0.25) is 0 Å². The number of hydrogen-bond donors (Lipinski definition) is 1. The van der Waals surface area contributed by atoms with Crippen LogP contribution in [0, 0.1) is 6.92 Å². The summed E-state index contributed by atoms with van der Waals surface area (Å²) < 4.78 is 27.8. The third kappa shape index (κ3) is 3.33. The van der Waals surface area contributed by atoms with E-state index in [1.165, 1.54) is 0 Å². The first-order valence-electron chi connectivity index (χ1n) is 7.75. The summed E-state index contributed by atoms with van der Waals surface area (Å²) in [7, 11) is -3.37. The zero-order chi connectivity index (χ0) is 15.6. The highest BCUT2D eigenvalue weighted by molar-refractivity contribution is 7.89. The van der Waals surface area contributed by atoms with E-state index in [1.54, 1.807) is 15.6 Å². The van der Waals surface area contributed by atoms with Gasteiger partial charge in [-0.05, 0) is 45.7 Å². The Balaban J connectivity index is 2.33. The maximum Gasteiger partial charge on any atom is 0.244 e. The van der Waals surface area contributed by atoms with Gasteiger partial charge in [-0.15, -0.1) is 11.3 Å². The minimum atomic E-state index is -3.37. The van der Waals surface area contributed by atoms with E-state index in [9.17, 15) is 8.42 Å². The second kappa shape index (κ2) is 6.77. The standard InChI is InChI=1S/C15H26N2O2S2/c1-5-13-8-7-11(3)17(13)21(18,19)15-9-14(10-16-6-2)20-12(15)4/h9,11,13,16H,5-8,10H2,1-4H3. The lowest BCUT2D eigenvalue weighted by atomic mass is 10.2. The molecule has 0 spiro atoms. The molecule has 4 nitrogen and oxygen atoms in total. The van der Waals surface area contributed by atoms with Crippen molar-refractivity contribution in [2.45, 2.75) is 70.5 Å². The van der Waals surface area contributed by atoms with Gasteiger partial charge in [0.25, 0.3) is 0 Å². The summed E-state index contributed by atoms with van der Waals surface area (Å²) in [4.78, 5) is 2.50. The summed E-state index contributed by atoms with van der Waals surface area (Å²) in [5, 5.41) is 3.26. The zero-order valence-corrected chi connectivity index (χ0v) is 15.0. The molecule has 0 radical (unpaired) electrons. The molecule has 2 unspecified atom stereocenters. The summed E-state index contributed by atoms with van der Waals surface area (Å²) >= 11 is 1.58. The Morgan fingerprint density at radius 3 is 2.71 bits per heavy atom. The van der Waals surface area contributed by atoms with Crippen LogP contribution in [0.3, 0.4) is 0 Å². The van der Waals surface area contributed by atoms with Crippen LogP contribution in [0.15, 0.2) is 11.0 Å². The maximum absolute atomic E-state index is 13.0. The van der Waals surface area contributed by atoms with Crippen LogP contribution < -0.4 is 5.32 Å². The lowest BCUT2D eigenvalue weighted by Gasteiger charge is -2.26. The third-order valence-electron chi connectivity index (χ3n) is 4.21. The van der Waals surface area contributed by atoms with Gasteiger partial charge < -0.3 is 5.32 Å². The van der Waals surface area contributed by atoms with E-state index in [0.717, 1.165) is 42.1 Å². The fraction of sp³-hybridized carbons (Fsp3) is 0.733. The van der Waals surface area contributed by atoms with Crippen LogP contribution in [0.1, 0.15) is 49.8 Å². The van der Waals surface area contributed by atoms with Crippen molar-refractivity contribution in [1.29, 1.82) is 0 Å². The molecular weight excluding hydrogens is 304 g/mol. The molecule has 1 aliphatic rings. The average molecular weight is 331 g/mol. The SMILES string of the molecule is CCNCc1cc(S(=O)(=O)N2C(C)CCC2CC)c(C)s1. The number of sulfonamides is 1. The lowest BCUT2D eigenvalue weighted by Crippen LogP contribution is -2.39. The van der Waals surface area contributed by atoms with Crippen molar-refractivity contribution >= 4 is 21.4 Å². The van der Waals surface area contributed by atoms with Crippen molar-refractivity contribution < 1.29 is 8.42 Å². The van der Waals surface area contributed by atoms with Crippen LogP contribution in [0.25, 0.3) is 0 Å². The second-order valence-corrected chi connectivity index (χ2v) is 8.89. The number of nitrogens with one attached hydrogen (secondary N) is 1. The Morgan fingerprint density at radius 2 is 2.10 bits per heavy atom. The van der Waals surface area contributed by atoms with Crippen molar-refractivity contribution in [3.8, 4) is 0 Å². The highest BCUT2D eigenvalue weighted by Gasteiger charge is 2.40. The van der Waals surface area contributed by atoms with Crippen LogP contribution in [0.4, 0.5) is 0 Å². The molecule has 1 N–H and O–H groups in total. The van der Waals surface area contributed by atoms with Gasteiger partial charge in [0.05, 0.1) is 4.90 Å². The highest BCUT2D eigenvalue weighted by atomic mass is 32.2. The number of hydrogen-bond acceptors (Lipinski definition) is 4. The Kier molecular flexibility index (Phi) is 5.46. The molecule has 1 aromatic heterocycles. The Morgan fingerprint density at radius 1 is 1.38 bits per heavy atom. The summed E-state index contributed by atoms with van der Waals surface area (Å²) in [6.07, 6.45) is 2.83. The van der Waals surface area contributed by atoms with Gasteiger partial charge in [0.15, 0.2) is 0 Å². The molecule has 0 aromatic carbocycles. The fourth-order valence-corrected chi connectivity index (χ4v) is 6.62. The molecule has 2 atom stereocenters. The van der Waals surface area contributed by atoms with Gasteiger partial charge in [-0.3, -0.25) is 0 Å². The van der Waals surface area contributed by atoms with E-state index >= 15 is 0 Å². The molecule has 1 saturated heterocycles. The molecule has 1 aromatic rings. The first-order valence-corrected chi connectivity index (χ1v) is 10.0. The van der Waals surface area contributed by atoms with E-state index in [4.69, 9.17) is 0 Å². The highest BCUT2D eigenvalue weighted by Crippen LogP contribution is 2.35. The largest absolute Gasteiger partial charge is 0.312 e. The molecule has 21 heavy (non-hydrogen) atoms. The third-order valence-corrected chi connectivity index (χ3v) is 7.58. The van der Waals surface area contributed by atoms with Crippen molar-refractivity contribution in [2.75, 3.05) is 6.54 Å². The summed E-state index contributed by atoms with van der Waals surface area (Å²) in [5.41, 5.74) is 0. The molecule has 120 valence electrons. The van der Waals surface area contributed by atoms with Gasteiger partial charge in [-0.1, -0.05) is 13.8 Å². The number of rotatable bonds is 6. The molecule has 1 aliphatic heterocycles. The molecule has 0 bridgehead atoms. The number of thiophene rings is 1. The predicted molar refractivity (Wildman–Crippen MR) is 88.2 cm³/mol. The van der Waals surface area contributed by atoms with Crippen LogP contribution in [-0.4, -0.2) is 31.4 Å². The van der Waals surface area contributed by atoms with Gasteiger partial charge in [0.2, 0.25) is 10.0 Å². The van der Waals surface area contributed by atoms with Gasteiger partial charge in [0, 0.05) is 28.4 Å². The molecule has 2 heterocycles. The van der Waals surface area contributed by atoms with Gasteiger partial charge in [-0.25, -0.2) is 8.42 Å². The summed E-state index contributed by atoms with van der Waals surface area (Å²) in [6, 6.07) is 2.12. The Bertz CT molecular complexity index is 580. The van der Waals surface area contributed by atoms with Crippen molar-refractivity contribution in [2.24, 2.45) is 0 Å². The second-order valence-electron chi connectivity index (χ2n) is 5.74. The molecule has 0 amide bonds. The van der Waals surface area contributed by atoms with E-state index in [0.29, 0.717) is 4.90 Å². The minimum Gasteiger partial charge on any atom is -0.312 e. The average Bonchev–Trinajstić information content (AvgIpc) is 3.00. The molecule has 0 aliphatic carbocycles. The predicted octanol–water partition coefficient (Wildman–Crippen LogP) is 3.12. The van der Waals surface area contributed by atoms with Crippen molar-refractivity contribution in [3.05, 3.63) is 15.8 Å². The molecule has 1 fully saturated rings. The maximum atomic E-state index is 13.0. The van der Waals surface area contributed by atoms with Crippen molar-refractivity contribution in [1.82, 2.24) is 9.62 Å². The molecular formula is C15H26N2O2S2. The topological polar surface area (TPSA) is 49.4 Å². The Labute approximate surface area is 132 Å².